The number of rotatable bonds is 3. The van der Waals surface area contributed by atoms with Gasteiger partial charge in [-0.25, -0.2) is 14.3 Å². The number of hydrogen-bond donors (Lipinski definition) is 1. The van der Waals surface area contributed by atoms with Gasteiger partial charge in [-0.05, 0) is 38.7 Å². The molecule has 2 aromatic rings. The first kappa shape index (κ1) is 14.3. The number of amides is 1. The number of aromatic nitrogens is 3. The minimum absolute atomic E-state index is 0.108. The fourth-order valence-corrected chi connectivity index (χ4v) is 3.38. The Bertz CT molecular complexity index is 716. The maximum absolute atomic E-state index is 11.9. The minimum Gasteiger partial charge on any atom is -0.446 e. The third-order valence-corrected chi connectivity index (χ3v) is 4.57. The zero-order valence-corrected chi connectivity index (χ0v) is 13.2. The lowest BCUT2D eigenvalue weighted by molar-refractivity contribution is 0.0965. The van der Waals surface area contributed by atoms with E-state index < -0.39 is 0 Å². The van der Waals surface area contributed by atoms with Crippen LogP contribution in [0, 0.1) is 6.92 Å². The van der Waals surface area contributed by atoms with Crippen LogP contribution in [0.3, 0.4) is 0 Å². The largest absolute Gasteiger partial charge is 0.446 e. The van der Waals surface area contributed by atoms with E-state index in [9.17, 15) is 4.79 Å². The molecule has 0 radical (unpaired) electrons. The van der Waals surface area contributed by atoms with Crippen LogP contribution in [0.5, 0.6) is 0 Å². The quantitative estimate of drug-likeness (QED) is 0.936. The van der Waals surface area contributed by atoms with E-state index in [1.807, 2.05) is 23.7 Å². The highest BCUT2D eigenvalue weighted by Gasteiger charge is 2.31. The summed E-state index contributed by atoms with van der Waals surface area (Å²) in [6, 6.07) is 2.15. The average molecular weight is 315 g/mol. The summed E-state index contributed by atoms with van der Waals surface area (Å²) in [4.78, 5) is 18.5. The lowest BCUT2D eigenvalue weighted by atomic mass is 10.1. The van der Waals surface area contributed by atoms with Crippen LogP contribution < -0.4 is 10.2 Å². The predicted octanol–water partition coefficient (Wildman–Crippen LogP) is 1.90. The standard InChI is InChI=1S/C16H21N5O2/c1-11-8-14-15(17-6-7-21(14)19-11)20-9-12(10-20)18-16(22)23-13-4-2-3-5-13/h6-8,12-13H,2-5,9-10H2,1H3,(H,18,22). The first-order valence-electron chi connectivity index (χ1n) is 8.22. The van der Waals surface area contributed by atoms with Crippen LogP contribution in [0.15, 0.2) is 18.5 Å². The van der Waals surface area contributed by atoms with Crippen LogP contribution >= 0.6 is 0 Å². The smallest absolute Gasteiger partial charge is 0.407 e. The summed E-state index contributed by atoms with van der Waals surface area (Å²) in [5.41, 5.74) is 1.96. The molecule has 0 bridgehead atoms. The number of ether oxygens (including phenoxy) is 1. The molecule has 122 valence electrons. The second-order valence-electron chi connectivity index (χ2n) is 6.42. The SMILES string of the molecule is Cc1cc2c(N3CC(NC(=O)OC4CCCC4)C3)nccn2n1. The molecule has 2 fully saturated rings. The molecule has 0 atom stereocenters. The molecule has 2 aliphatic rings. The summed E-state index contributed by atoms with van der Waals surface area (Å²) in [5.74, 6) is 0.912. The highest BCUT2D eigenvalue weighted by atomic mass is 16.6. The topological polar surface area (TPSA) is 71.8 Å². The highest BCUT2D eigenvalue weighted by molar-refractivity contribution is 5.72. The van der Waals surface area contributed by atoms with Crippen LogP contribution in [0.4, 0.5) is 10.6 Å². The first-order chi connectivity index (χ1) is 11.2. The molecule has 0 unspecified atom stereocenters. The van der Waals surface area contributed by atoms with Crippen LogP contribution in [0.2, 0.25) is 0 Å². The lowest BCUT2D eigenvalue weighted by Gasteiger charge is -2.40. The Morgan fingerprint density at radius 1 is 1.35 bits per heavy atom. The summed E-state index contributed by atoms with van der Waals surface area (Å²) >= 11 is 0. The molecule has 1 saturated heterocycles. The fraction of sp³-hybridized carbons (Fsp3) is 0.562. The molecule has 7 nitrogen and oxygen atoms in total. The number of aryl methyl sites for hydroxylation is 1. The molecule has 1 aliphatic carbocycles. The zero-order valence-electron chi connectivity index (χ0n) is 13.2. The maximum Gasteiger partial charge on any atom is 0.407 e. The molecule has 23 heavy (non-hydrogen) atoms. The highest BCUT2D eigenvalue weighted by Crippen LogP contribution is 2.25. The third-order valence-electron chi connectivity index (χ3n) is 4.57. The van der Waals surface area contributed by atoms with E-state index >= 15 is 0 Å². The van der Waals surface area contributed by atoms with Crippen molar-refractivity contribution >= 4 is 17.4 Å². The molecule has 7 heteroatoms. The Kier molecular flexibility index (Phi) is 3.55. The number of anilines is 1. The second-order valence-corrected chi connectivity index (χ2v) is 6.42. The van der Waals surface area contributed by atoms with Gasteiger partial charge in [0.2, 0.25) is 0 Å². The predicted molar refractivity (Wildman–Crippen MR) is 85.6 cm³/mol. The molecule has 1 amide bonds. The normalized spacial score (nSPS) is 19.1. The van der Waals surface area contributed by atoms with Crippen molar-refractivity contribution in [3.8, 4) is 0 Å². The van der Waals surface area contributed by atoms with Crippen molar-refractivity contribution in [2.24, 2.45) is 0 Å². The van der Waals surface area contributed by atoms with E-state index in [1.165, 1.54) is 0 Å². The Morgan fingerprint density at radius 3 is 2.91 bits per heavy atom. The van der Waals surface area contributed by atoms with Gasteiger partial charge in [-0.15, -0.1) is 0 Å². The van der Waals surface area contributed by atoms with Crippen molar-refractivity contribution < 1.29 is 9.53 Å². The van der Waals surface area contributed by atoms with Gasteiger partial charge in [0.1, 0.15) is 11.6 Å². The minimum atomic E-state index is -0.284. The third kappa shape index (κ3) is 2.83. The van der Waals surface area contributed by atoms with E-state index in [1.54, 1.807) is 6.20 Å². The molecular weight excluding hydrogens is 294 g/mol. The van der Waals surface area contributed by atoms with Crippen molar-refractivity contribution in [3.05, 3.63) is 24.2 Å². The number of carbonyl (C=O) groups is 1. The van der Waals surface area contributed by atoms with Crippen LogP contribution in [-0.2, 0) is 4.74 Å². The number of carbonyl (C=O) groups excluding carboxylic acids is 1. The molecule has 1 N–H and O–H groups in total. The lowest BCUT2D eigenvalue weighted by Crippen LogP contribution is -2.60. The Morgan fingerprint density at radius 2 is 2.13 bits per heavy atom. The molecular formula is C16H21N5O2. The van der Waals surface area contributed by atoms with Gasteiger partial charge in [0.05, 0.1) is 11.7 Å². The summed E-state index contributed by atoms with van der Waals surface area (Å²) in [5, 5.41) is 7.34. The van der Waals surface area contributed by atoms with Crippen LogP contribution in [0.1, 0.15) is 31.4 Å². The van der Waals surface area contributed by atoms with Crippen molar-refractivity contribution in [2.75, 3.05) is 18.0 Å². The second kappa shape index (κ2) is 5.72. The summed E-state index contributed by atoms with van der Waals surface area (Å²) < 4.78 is 7.27. The monoisotopic (exact) mass is 315 g/mol. The van der Waals surface area contributed by atoms with E-state index in [4.69, 9.17) is 4.74 Å². The molecule has 1 saturated carbocycles. The van der Waals surface area contributed by atoms with E-state index in [0.717, 1.165) is 55.8 Å². The van der Waals surface area contributed by atoms with Gasteiger partial charge in [0, 0.05) is 25.5 Å². The van der Waals surface area contributed by atoms with Gasteiger partial charge in [-0.2, -0.15) is 5.10 Å². The first-order valence-corrected chi connectivity index (χ1v) is 8.22. The van der Waals surface area contributed by atoms with Gasteiger partial charge in [0.25, 0.3) is 0 Å². The van der Waals surface area contributed by atoms with E-state index in [-0.39, 0.29) is 18.2 Å². The van der Waals surface area contributed by atoms with Gasteiger partial charge in [-0.1, -0.05) is 0 Å². The van der Waals surface area contributed by atoms with Crippen molar-refractivity contribution in [1.29, 1.82) is 0 Å². The number of hydrogen-bond acceptors (Lipinski definition) is 5. The summed E-state index contributed by atoms with van der Waals surface area (Å²) in [6.45, 7) is 3.46. The molecule has 0 spiro atoms. The van der Waals surface area contributed by atoms with Gasteiger partial charge in [-0.3, -0.25) is 0 Å². The molecule has 4 rings (SSSR count). The molecule has 0 aromatic carbocycles. The molecule has 1 aliphatic heterocycles. The Labute approximate surface area is 134 Å². The Balaban J connectivity index is 1.34. The fourth-order valence-electron chi connectivity index (χ4n) is 3.38. The van der Waals surface area contributed by atoms with Crippen molar-refractivity contribution in [1.82, 2.24) is 19.9 Å². The van der Waals surface area contributed by atoms with Crippen LogP contribution in [0.25, 0.3) is 5.52 Å². The van der Waals surface area contributed by atoms with Gasteiger partial charge in [0.15, 0.2) is 5.82 Å². The van der Waals surface area contributed by atoms with Crippen molar-refractivity contribution in [2.45, 2.75) is 44.8 Å². The van der Waals surface area contributed by atoms with Crippen LogP contribution in [-0.4, -0.2) is 45.9 Å². The Hall–Kier alpha value is -2.31. The molecule has 3 heterocycles. The summed E-state index contributed by atoms with van der Waals surface area (Å²) in [6.07, 6.45) is 7.74. The molecule has 2 aromatic heterocycles. The zero-order chi connectivity index (χ0) is 15.8. The van der Waals surface area contributed by atoms with Gasteiger partial charge < -0.3 is 15.0 Å². The number of nitrogens with zero attached hydrogens (tertiary/aromatic N) is 4. The van der Waals surface area contributed by atoms with E-state index in [0.29, 0.717) is 0 Å². The van der Waals surface area contributed by atoms with E-state index in [2.05, 4.69) is 20.3 Å². The number of fused-ring (bicyclic) bond motifs is 1. The average Bonchev–Trinajstić information content (AvgIpc) is 3.10. The summed E-state index contributed by atoms with van der Waals surface area (Å²) in [7, 11) is 0. The maximum atomic E-state index is 11.9. The number of alkyl carbamates (subject to hydrolysis) is 1. The van der Waals surface area contributed by atoms with Gasteiger partial charge >= 0.3 is 6.09 Å². The van der Waals surface area contributed by atoms with Crippen molar-refractivity contribution in [3.63, 3.8) is 0 Å². The number of nitrogens with one attached hydrogen (secondary N) is 1.